The van der Waals surface area contributed by atoms with E-state index in [1.54, 1.807) is 12.0 Å². The Morgan fingerprint density at radius 1 is 1.16 bits per heavy atom. The third-order valence-electron chi connectivity index (χ3n) is 8.92. The highest BCUT2D eigenvalue weighted by Crippen LogP contribution is 2.37. The standard InChI is InChI=1S/C33H39N7O4/c1-4-30(41)40-16-15-39(21-31(40)43-17-12-34)32-27-11-14-38(29-19-25(42-3)18-23-8-5-6-10-26(23)29)20-28(27)35-33(36-32)44-22-24-9-7-13-37(24)2/h4-6,8,10,18-19,24,31H,1,7,9,11,13-17,20-22H2,2-3H3/t24-,31?/m0/s1. The summed E-state index contributed by atoms with van der Waals surface area (Å²) in [5, 5.41) is 11.5. The smallest absolute Gasteiger partial charge is 0.318 e. The molecule has 0 radical (unpaired) electrons. The Balaban J connectivity index is 1.34. The van der Waals surface area contributed by atoms with Gasteiger partial charge in [0.25, 0.3) is 0 Å². The SMILES string of the molecule is C=CC(=O)N1CCN(c2nc(OC[C@@H]3CCCN3C)nc3c2CCN(c2cc(OC)cc4ccccc24)C3)CC1OCC#N. The molecule has 1 amide bonds. The minimum absolute atomic E-state index is 0.117. The van der Waals surface area contributed by atoms with E-state index in [1.807, 2.05) is 12.1 Å². The molecule has 2 fully saturated rings. The molecule has 0 bridgehead atoms. The van der Waals surface area contributed by atoms with Crippen molar-refractivity contribution >= 4 is 28.2 Å². The van der Waals surface area contributed by atoms with E-state index in [0.717, 1.165) is 71.6 Å². The minimum atomic E-state index is -0.598. The highest BCUT2D eigenvalue weighted by atomic mass is 16.5. The van der Waals surface area contributed by atoms with Crippen molar-refractivity contribution in [2.75, 3.05) is 69.9 Å². The van der Waals surface area contributed by atoms with Crippen LogP contribution < -0.4 is 19.3 Å². The number of amides is 1. The van der Waals surface area contributed by atoms with E-state index in [2.05, 4.69) is 58.7 Å². The largest absolute Gasteiger partial charge is 0.497 e. The lowest BCUT2D eigenvalue weighted by Crippen LogP contribution is -2.56. The van der Waals surface area contributed by atoms with Gasteiger partial charge in [-0.05, 0) is 50.4 Å². The van der Waals surface area contributed by atoms with Gasteiger partial charge in [0.05, 0.1) is 32.0 Å². The van der Waals surface area contributed by atoms with Crippen molar-refractivity contribution < 1.29 is 19.0 Å². The van der Waals surface area contributed by atoms with E-state index in [-0.39, 0.29) is 12.5 Å². The predicted octanol–water partition coefficient (Wildman–Crippen LogP) is 3.37. The predicted molar refractivity (Wildman–Crippen MR) is 168 cm³/mol. The molecule has 11 heteroatoms. The van der Waals surface area contributed by atoms with Crippen LogP contribution in [0.25, 0.3) is 10.8 Å². The van der Waals surface area contributed by atoms with Crippen molar-refractivity contribution in [1.29, 1.82) is 5.26 Å². The van der Waals surface area contributed by atoms with E-state index >= 15 is 0 Å². The molecule has 4 heterocycles. The number of carbonyl (C=O) groups excluding carboxylic acids is 1. The molecule has 2 saturated heterocycles. The zero-order valence-corrected chi connectivity index (χ0v) is 25.4. The molecule has 1 aromatic heterocycles. The quantitative estimate of drug-likeness (QED) is 0.341. The van der Waals surface area contributed by atoms with Gasteiger partial charge in [-0.1, -0.05) is 30.8 Å². The molecule has 1 unspecified atom stereocenters. The van der Waals surface area contributed by atoms with Gasteiger partial charge in [0.2, 0.25) is 5.91 Å². The van der Waals surface area contributed by atoms with Crippen LogP contribution in [0.4, 0.5) is 11.5 Å². The molecular weight excluding hydrogens is 558 g/mol. The number of likely N-dealkylation sites (N-methyl/N-ethyl adjacent to an activating group) is 1. The second-order valence-electron chi connectivity index (χ2n) is 11.5. The van der Waals surface area contributed by atoms with Gasteiger partial charge in [-0.15, -0.1) is 0 Å². The Hall–Kier alpha value is -4.40. The number of hydrogen-bond acceptors (Lipinski definition) is 10. The number of hydrogen-bond donors (Lipinski definition) is 0. The molecule has 6 rings (SSSR count). The first-order valence-corrected chi connectivity index (χ1v) is 15.2. The number of aromatic nitrogens is 2. The average Bonchev–Trinajstić information content (AvgIpc) is 3.48. The molecule has 44 heavy (non-hydrogen) atoms. The zero-order chi connectivity index (χ0) is 30.6. The summed E-state index contributed by atoms with van der Waals surface area (Å²) in [6.45, 7) is 7.82. The van der Waals surface area contributed by atoms with Crippen molar-refractivity contribution in [1.82, 2.24) is 19.8 Å². The number of methoxy groups -OCH3 is 1. The lowest BCUT2D eigenvalue weighted by atomic mass is 10.0. The highest BCUT2D eigenvalue weighted by Gasteiger charge is 2.34. The van der Waals surface area contributed by atoms with Crippen LogP contribution in [0.2, 0.25) is 0 Å². The fraction of sp³-hybridized carbons (Fsp3) is 0.455. The van der Waals surface area contributed by atoms with Crippen LogP contribution in [-0.4, -0.2) is 98.0 Å². The van der Waals surface area contributed by atoms with Gasteiger partial charge in [-0.2, -0.15) is 15.2 Å². The number of nitrogens with zero attached hydrogens (tertiary/aromatic N) is 7. The van der Waals surface area contributed by atoms with Gasteiger partial charge >= 0.3 is 6.01 Å². The van der Waals surface area contributed by atoms with Crippen molar-refractivity contribution in [2.24, 2.45) is 0 Å². The number of likely N-dealkylation sites (tertiary alicyclic amines) is 1. The van der Waals surface area contributed by atoms with Crippen molar-refractivity contribution in [3.63, 3.8) is 0 Å². The number of carbonyl (C=O) groups is 1. The maximum Gasteiger partial charge on any atom is 0.318 e. The van der Waals surface area contributed by atoms with E-state index in [1.165, 1.54) is 6.08 Å². The van der Waals surface area contributed by atoms with Crippen LogP contribution >= 0.6 is 0 Å². The van der Waals surface area contributed by atoms with E-state index in [0.29, 0.717) is 44.8 Å². The molecule has 0 aliphatic carbocycles. The second kappa shape index (κ2) is 13.1. The lowest BCUT2D eigenvalue weighted by Gasteiger charge is -2.42. The summed E-state index contributed by atoms with van der Waals surface area (Å²) in [7, 11) is 3.82. The Morgan fingerprint density at radius 3 is 2.80 bits per heavy atom. The average molecular weight is 598 g/mol. The summed E-state index contributed by atoms with van der Waals surface area (Å²) in [6.07, 6.45) is 3.66. The van der Waals surface area contributed by atoms with Gasteiger partial charge in [0, 0.05) is 48.4 Å². The number of fused-ring (bicyclic) bond motifs is 2. The monoisotopic (exact) mass is 597 g/mol. The zero-order valence-electron chi connectivity index (χ0n) is 25.4. The Kier molecular flexibility index (Phi) is 8.82. The molecule has 2 aromatic carbocycles. The fourth-order valence-corrected chi connectivity index (χ4v) is 6.51. The molecule has 2 atom stereocenters. The topological polar surface area (TPSA) is 107 Å². The van der Waals surface area contributed by atoms with Crippen molar-refractivity contribution in [3.8, 4) is 17.8 Å². The summed E-state index contributed by atoms with van der Waals surface area (Å²) < 4.78 is 17.8. The first kappa shape index (κ1) is 29.7. The number of ether oxygens (including phenoxy) is 3. The Labute approximate surface area is 258 Å². The van der Waals surface area contributed by atoms with Gasteiger partial charge in [-0.25, -0.2) is 0 Å². The Bertz CT molecular complexity index is 1570. The summed E-state index contributed by atoms with van der Waals surface area (Å²) in [5.74, 6) is 1.40. The van der Waals surface area contributed by atoms with Crippen LogP contribution in [0.15, 0.2) is 49.1 Å². The number of piperazine rings is 1. The first-order chi connectivity index (χ1) is 21.5. The minimum Gasteiger partial charge on any atom is -0.497 e. The lowest BCUT2D eigenvalue weighted by molar-refractivity contribution is -0.140. The first-order valence-electron chi connectivity index (χ1n) is 15.2. The highest BCUT2D eigenvalue weighted by molar-refractivity contribution is 5.96. The normalized spacial score (nSPS) is 20.3. The van der Waals surface area contributed by atoms with Crippen LogP contribution in [0.5, 0.6) is 11.8 Å². The maximum atomic E-state index is 12.6. The van der Waals surface area contributed by atoms with E-state index in [4.69, 9.17) is 24.2 Å². The van der Waals surface area contributed by atoms with Crippen LogP contribution in [0.3, 0.4) is 0 Å². The number of anilines is 2. The van der Waals surface area contributed by atoms with Crippen molar-refractivity contribution in [3.05, 3.63) is 60.3 Å². The van der Waals surface area contributed by atoms with E-state index < -0.39 is 6.23 Å². The summed E-state index contributed by atoms with van der Waals surface area (Å²) in [6, 6.07) is 15.2. The van der Waals surface area contributed by atoms with Crippen LogP contribution in [0.1, 0.15) is 24.1 Å². The van der Waals surface area contributed by atoms with Crippen molar-refractivity contribution in [2.45, 2.75) is 38.1 Å². The fourth-order valence-electron chi connectivity index (χ4n) is 6.51. The number of rotatable bonds is 9. The van der Waals surface area contributed by atoms with E-state index in [9.17, 15) is 10.1 Å². The molecule has 0 N–H and O–H groups in total. The number of benzene rings is 2. The molecule has 3 aliphatic heterocycles. The third kappa shape index (κ3) is 6.00. The van der Waals surface area contributed by atoms with Gasteiger partial charge in [0.15, 0.2) is 6.23 Å². The van der Waals surface area contributed by atoms with Gasteiger partial charge < -0.3 is 33.8 Å². The van der Waals surface area contributed by atoms with Gasteiger partial charge in [0.1, 0.15) is 24.8 Å². The molecular formula is C33H39N7O4. The third-order valence-corrected chi connectivity index (χ3v) is 8.92. The molecule has 3 aromatic rings. The van der Waals surface area contributed by atoms with Crippen LogP contribution in [0, 0.1) is 11.3 Å². The summed E-state index contributed by atoms with van der Waals surface area (Å²) >= 11 is 0. The molecule has 0 spiro atoms. The second-order valence-corrected chi connectivity index (χ2v) is 11.5. The van der Waals surface area contributed by atoms with Gasteiger partial charge in [-0.3, -0.25) is 4.79 Å². The molecule has 11 nitrogen and oxygen atoms in total. The van der Waals surface area contributed by atoms with Crippen LogP contribution in [-0.2, 0) is 22.5 Å². The molecule has 230 valence electrons. The maximum absolute atomic E-state index is 12.6. The number of nitriles is 1. The summed E-state index contributed by atoms with van der Waals surface area (Å²) in [4.78, 5) is 31.0. The Morgan fingerprint density at radius 2 is 2.02 bits per heavy atom. The molecule has 0 saturated carbocycles. The summed E-state index contributed by atoms with van der Waals surface area (Å²) in [5.41, 5.74) is 3.09. The molecule has 3 aliphatic rings.